The van der Waals surface area contributed by atoms with Crippen LogP contribution in [0.25, 0.3) is 0 Å². The number of rotatable bonds is 2. The van der Waals surface area contributed by atoms with E-state index in [1.165, 1.54) is 6.26 Å². The third kappa shape index (κ3) is 3.07. The van der Waals surface area contributed by atoms with Crippen molar-refractivity contribution < 1.29 is 9.32 Å². The Kier molecular flexibility index (Phi) is 3.09. The molecule has 0 spiro atoms. The molecule has 0 fully saturated rings. The summed E-state index contributed by atoms with van der Waals surface area (Å²) in [7, 11) is 0. The molecule has 5 nitrogen and oxygen atoms in total. The maximum absolute atomic E-state index is 11.6. The minimum Gasteiger partial charge on any atom is -0.363 e. The number of hydrogen-bond acceptors (Lipinski definition) is 3. The molecule has 0 aliphatic heterocycles. The van der Waals surface area contributed by atoms with Gasteiger partial charge in [-0.2, -0.15) is 0 Å². The number of nitrogens with zero attached hydrogens (tertiary/aromatic N) is 1. The second-order valence-electron chi connectivity index (χ2n) is 3.84. The number of aromatic nitrogens is 1. The number of amides is 2. The van der Waals surface area contributed by atoms with Crippen molar-refractivity contribution in [3.05, 3.63) is 41.7 Å². The summed E-state index contributed by atoms with van der Waals surface area (Å²) in [6, 6.07) is 7.07. The van der Waals surface area contributed by atoms with Gasteiger partial charge in [0.15, 0.2) is 5.82 Å². The van der Waals surface area contributed by atoms with Crippen LogP contribution in [0.15, 0.2) is 35.1 Å². The van der Waals surface area contributed by atoms with E-state index in [0.717, 1.165) is 16.8 Å². The van der Waals surface area contributed by atoms with Crippen LogP contribution in [0.3, 0.4) is 0 Å². The molecular formula is C12H13N3O2. The van der Waals surface area contributed by atoms with E-state index in [1.807, 2.05) is 32.0 Å². The Morgan fingerprint density at radius 1 is 1.18 bits per heavy atom. The minimum absolute atomic E-state index is 0.344. The van der Waals surface area contributed by atoms with Gasteiger partial charge in [0.25, 0.3) is 0 Å². The summed E-state index contributed by atoms with van der Waals surface area (Å²) in [4.78, 5) is 11.6. The number of aryl methyl sites for hydroxylation is 2. The summed E-state index contributed by atoms with van der Waals surface area (Å²) in [6.07, 6.45) is 1.40. The molecule has 88 valence electrons. The van der Waals surface area contributed by atoms with Gasteiger partial charge < -0.3 is 9.84 Å². The number of carbonyl (C=O) groups excluding carboxylic acids is 1. The molecule has 1 aromatic carbocycles. The maximum Gasteiger partial charge on any atom is 0.324 e. The average molecular weight is 231 g/mol. The van der Waals surface area contributed by atoms with Gasteiger partial charge in [0.1, 0.15) is 6.26 Å². The average Bonchev–Trinajstić information content (AvgIpc) is 2.67. The lowest BCUT2D eigenvalue weighted by Crippen LogP contribution is -2.19. The Labute approximate surface area is 98.8 Å². The van der Waals surface area contributed by atoms with Crippen LogP contribution in [0, 0.1) is 13.8 Å². The summed E-state index contributed by atoms with van der Waals surface area (Å²) in [5.41, 5.74) is 2.95. The number of hydrogen-bond donors (Lipinski definition) is 2. The van der Waals surface area contributed by atoms with Gasteiger partial charge in [-0.3, -0.25) is 5.32 Å². The van der Waals surface area contributed by atoms with Crippen molar-refractivity contribution in [3.63, 3.8) is 0 Å². The summed E-state index contributed by atoms with van der Waals surface area (Å²) >= 11 is 0. The molecule has 0 unspecified atom stereocenters. The molecule has 5 heteroatoms. The first-order valence-corrected chi connectivity index (χ1v) is 5.20. The molecule has 0 radical (unpaired) electrons. The zero-order chi connectivity index (χ0) is 12.3. The Hall–Kier alpha value is -2.30. The Balaban J connectivity index is 2.03. The molecule has 2 aromatic rings. The van der Waals surface area contributed by atoms with E-state index in [1.54, 1.807) is 6.07 Å². The molecule has 2 N–H and O–H groups in total. The van der Waals surface area contributed by atoms with Gasteiger partial charge >= 0.3 is 6.03 Å². The fourth-order valence-corrected chi connectivity index (χ4v) is 1.60. The lowest BCUT2D eigenvalue weighted by Gasteiger charge is -2.07. The van der Waals surface area contributed by atoms with Gasteiger partial charge in [-0.05, 0) is 37.1 Å². The van der Waals surface area contributed by atoms with E-state index in [-0.39, 0.29) is 6.03 Å². The Morgan fingerprint density at radius 2 is 1.88 bits per heavy atom. The fourth-order valence-electron chi connectivity index (χ4n) is 1.60. The molecule has 0 bridgehead atoms. The number of nitrogens with one attached hydrogen (secondary N) is 2. The molecule has 17 heavy (non-hydrogen) atoms. The first kappa shape index (κ1) is 11.2. The van der Waals surface area contributed by atoms with E-state index < -0.39 is 0 Å². The van der Waals surface area contributed by atoms with Gasteiger partial charge in [-0.15, -0.1) is 0 Å². The van der Waals surface area contributed by atoms with Gasteiger partial charge in [-0.25, -0.2) is 4.79 Å². The van der Waals surface area contributed by atoms with Crippen molar-refractivity contribution in [2.45, 2.75) is 13.8 Å². The van der Waals surface area contributed by atoms with Crippen LogP contribution in [0.2, 0.25) is 0 Å². The highest BCUT2D eigenvalue weighted by Gasteiger charge is 2.04. The summed E-state index contributed by atoms with van der Waals surface area (Å²) in [5, 5.41) is 8.87. The van der Waals surface area contributed by atoms with Gasteiger partial charge in [-0.1, -0.05) is 11.2 Å². The van der Waals surface area contributed by atoms with E-state index in [2.05, 4.69) is 20.3 Å². The monoisotopic (exact) mass is 231 g/mol. The van der Waals surface area contributed by atoms with Gasteiger partial charge in [0, 0.05) is 11.8 Å². The quantitative estimate of drug-likeness (QED) is 0.835. The van der Waals surface area contributed by atoms with Crippen LogP contribution < -0.4 is 10.6 Å². The molecule has 0 saturated heterocycles. The van der Waals surface area contributed by atoms with Gasteiger partial charge in [0.2, 0.25) is 0 Å². The fraction of sp³-hybridized carbons (Fsp3) is 0.167. The molecule has 2 rings (SSSR count). The highest BCUT2D eigenvalue weighted by molar-refractivity contribution is 5.99. The normalized spacial score (nSPS) is 10.0. The van der Waals surface area contributed by atoms with Crippen LogP contribution in [0.1, 0.15) is 11.1 Å². The number of anilines is 2. The van der Waals surface area contributed by atoms with Crippen molar-refractivity contribution in [1.29, 1.82) is 0 Å². The van der Waals surface area contributed by atoms with Crippen LogP contribution >= 0.6 is 0 Å². The Bertz CT molecular complexity index is 500. The van der Waals surface area contributed by atoms with Crippen molar-refractivity contribution in [2.75, 3.05) is 10.6 Å². The van der Waals surface area contributed by atoms with Crippen molar-refractivity contribution in [3.8, 4) is 0 Å². The molecule has 0 saturated carbocycles. The molecule has 0 aliphatic carbocycles. The highest BCUT2D eigenvalue weighted by Crippen LogP contribution is 2.14. The van der Waals surface area contributed by atoms with Gasteiger partial charge in [0.05, 0.1) is 0 Å². The number of benzene rings is 1. The molecule has 0 atom stereocenters. The molecular weight excluding hydrogens is 218 g/mol. The zero-order valence-electron chi connectivity index (χ0n) is 9.65. The third-order valence-corrected chi connectivity index (χ3v) is 2.16. The number of urea groups is 1. The first-order valence-electron chi connectivity index (χ1n) is 5.20. The Morgan fingerprint density at radius 3 is 2.47 bits per heavy atom. The third-order valence-electron chi connectivity index (χ3n) is 2.16. The summed E-state index contributed by atoms with van der Waals surface area (Å²) < 4.78 is 4.61. The van der Waals surface area contributed by atoms with Crippen molar-refractivity contribution in [2.24, 2.45) is 0 Å². The predicted octanol–water partition coefficient (Wildman–Crippen LogP) is 2.94. The second-order valence-corrected chi connectivity index (χ2v) is 3.84. The summed E-state index contributed by atoms with van der Waals surface area (Å²) in [5.74, 6) is 0.381. The lowest BCUT2D eigenvalue weighted by atomic mass is 10.1. The minimum atomic E-state index is -0.344. The SMILES string of the molecule is Cc1cc(C)cc(NC(=O)Nc2ccon2)c1. The smallest absolute Gasteiger partial charge is 0.324 e. The molecule has 1 aromatic heterocycles. The number of carbonyl (C=O) groups is 1. The topological polar surface area (TPSA) is 67.2 Å². The van der Waals surface area contributed by atoms with Crippen LogP contribution in [0.5, 0.6) is 0 Å². The van der Waals surface area contributed by atoms with Crippen molar-refractivity contribution >= 4 is 17.5 Å². The molecule has 1 heterocycles. The van der Waals surface area contributed by atoms with Crippen LogP contribution in [-0.4, -0.2) is 11.2 Å². The first-order chi connectivity index (χ1) is 8.13. The van der Waals surface area contributed by atoms with E-state index in [4.69, 9.17) is 0 Å². The van der Waals surface area contributed by atoms with Crippen LogP contribution in [-0.2, 0) is 0 Å². The second kappa shape index (κ2) is 4.69. The zero-order valence-corrected chi connectivity index (χ0v) is 9.65. The van der Waals surface area contributed by atoms with E-state index in [9.17, 15) is 4.79 Å². The largest absolute Gasteiger partial charge is 0.363 e. The lowest BCUT2D eigenvalue weighted by molar-refractivity contribution is 0.262. The predicted molar refractivity (Wildman–Crippen MR) is 65.1 cm³/mol. The van der Waals surface area contributed by atoms with E-state index in [0.29, 0.717) is 5.82 Å². The van der Waals surface area contributed by atoms with Crippen LogP contribution in [0.4, 0.5) is 16.3 Å². The highest BCUT2D eigenvalue weighted by atomic mass is 16.5. The maximum atomic E-state index is 11.6. The van der Waals surface area contributed by atoms with Crippen molar-refractivity contribution in [1.82, 2.24) is 5.16 Å². The van der Waals surface area contributed by atoms with E-state index >= 15 is 0 Å². The molecule has 0 aliphatic rings. The summed E-state index contributed by atoms with van der Waals surface area (Å²) in [6.45, 7) is 3.96. The standard InChI is InChI=1S/C12H13N3O2/c1-8-5-9(2)7-10(6-8)13-12(16)14-11-3-4-17-15-11/h3-7H,1-2H3,(H2,13,14,15,16). The molecule has 2 amide bonds.